The number of aromatic nitrogens is 2. The highest BCUT2D eigenvalue weighted by Crippen LogP contribution is 2.09. The molecule has 0 saturated carbocycles. The molecule has 5 heteroatoms. The molecule has 0 aliphatic rings. The van der Waals surface area contributed by atoms with E-state index in [1.54, 1.807) is 24.3 Å². The van der Waals surface area contributed by atoms with E-state index in [9.17, 15) is 4.79 Å². The van der Waals surface area contributed by atoms with Gasteiger partial charge >= 0.3 is 0 Å². The number of benzene rings is 1. The Balaban J connectivity index is 2.08. The Morgan fingerprint density at radius 3 is 3.00 bits per heavy atom. The molecule has 2 rings (SSSR count). The van der Waals surface area contributed by atoms with Gasteiger partial charge in [0.1, 0.15) is 5.82 Å². The fourth-order valence-electron chi connectivity index (χ4n) is 1.93. The van der Waals surface area contributed by atoms with Crippen LogP contribution in [0.4, 0.5) is 0 Å². The number of imidazole rings is 1. The number of carbonyl (C=O) groups excluding carboxylic acids is 1. The first kappa shape index (κ1) is 13.3. The van der Waals surface area contributed by atoms with Gasteiger partial charge in [-0.25, -0.2) is 4.98 Å². The quantitative estimate of drug-likeness (QED) is 0.845. The number of H-pyrrole nitrogens is 1. The average molecular weight is 258 g/mol. The first-order valence-corrected chi connectivity index (χ1v) is 6.23. The van der Waals surface area contributed by atoms with Crippen molar-refractivity contribution in [3.05, 3.63) is 53.6 Å². The number of nitrogens with two attached hydrogens (primary N) is 1. The molecule has 1 aromatic heterocycles. The Bertz CT molecular complexity index is 536. The third-order valence-electron chi connectivity index (χ3n) is 2.90. The average Bonchev–Trinajstić information content (AvgIpc) is 2.91. The van der Waals surface area contributed by atoms with Crippen molar-refractivity contribution in [1.29, 1.82) is 0 Å². The Morgan fingerprint density at radius 1 is 1.47 bits per heavy atom. The van der Waals surface area contributed by atoms with Gasteiger partial charge in [0.25, 0.3) is 5.91 Å². The largest absolute Gasteiger partial charge is 0.347 e. The molecule has 1 amide bonds. The predicted molar refractivity (Wildman–Crippen MR) is 73.6 cm³/mol. The van der Waals surface area contributed by atoms with Crippen LogP contribution in [0.1, 0.15) is 21.7 Å². The van der Waals surface area contributed by atoms with E-state index >= 15 is 0 Å². The molecule has 5 nitrogen and oxygen atoms in total. The molecule has 1 aromatic carbocycles. The molecule has 0 fully saturated rings. The summed E-state index contributed by atoms with van der Waals surface area (Å²) in [6, 6.07) is 7.59. The Kier molecular flexibility index (Phi) is 4.30. The first-order chi connectivity index (χ1) is 9.20. The molecule has 0 aliphatic carbocycles. The molecular formula is C14H18N4O. The van der Waals surface area contributed by atoms with E-state index in [1.807, 2.05) is 24.3 Å². The number of hydrogen-bond acceptors (Lipinski definition) is 3. The van der Waals surface area contributed by atoms with Crippen LogP contribution in [0.5, 0.6) is 0 Å². The highest BCUT2D eigenvalue weighted by Gasteiger charge is 2.13. The van der Waals surface area contributed by atoms with Gasteiger partial charge in [0.05, 0.1) is 6.54 Å². The standard InChI is InChI=1S/C14H18N4O/c1-18(10-13-16-7-8-17-13)14(19)12-4-2-3-11(9-12)5-6-15/h2-4,7-9H,5-6,10,15H2,1H3,(H,16,17). The SMILES string of the molecule is CN(Cc1ncc[nH]1)C(=O)c1cccc(CCN)c1. The molecule has 0 spiro atoms. The summed E-state index contributed by atoms with van der Waals surface area (Å²) >= 11 is 0. The summed E-state index contributed by atoms with van der Waals surface area (Å²) in [5, 5.41) is 0. The number of nitrogens with one attached hydrogen (secondary N) is 1. The number of hydrogen-bond donors (Lipinski definition) is 2. The summed E-state index contributed by atoms with van der Waals surface area (Å²) in [6.45, 7) is 1.05. The summed E-state index contributed by atoms with van der Waals surface area (Å²) in [5.41, 5.74) is 7.29. The molecule has 3 N–H and O–H groups in total. The van der Waals surface area contributed by atoms with Crippen molar-refractivity contribution in [2.45, 2.75) is 13.0 Å². The van der Waals surface area contributed by atoms with E-state index in [1.165, 1.54) is 0 Å². The van der Waals surface area contributed by atoms with E-state index in [4.69, 9.17) is 5.73 Å². The van der Waals surface area contributed by atoms with Gasteiger partial charge in [-0.05, 0) is 30.7 Å². The second-order valence-electron chi connectivity index (χ2n) is 4.44. The maximum absolute atomic E-state index is 12.3. The van der Waals surface area contributed by atoms with E-state index in [0.717, 1.165) is 17.8 Å². The maximum atomic E-state index is 12.3. The fraction of sp³-hybridized carbons (Fsp3) is 0.286. The molecular weight excluding hydrogens is 240 g/mol. The van der Waals surface area contributed by atoms with Crippen LogP contribution in [0.3, 0.4) is 0 Å². The minimum atomic E-state index is -0.0183. The van der Waals surface area contributed by atoms with Crippen LogP contribution in [-0.2, 0) is 13.0 Å². The van der Waals surface area contributed by atoms with Crippen LogP contribution < -0.4 is 5.73 Å². The lowest BCUT2D eigenvalue weighted by Crippen LogP contribution is -2.26. The highest BCUT2D eigenvalue weighted by molar-refractivity contribution is 5.94. The minimum Gasteiger partial charge on any atom is -0.347 e. The molecule has 0 radical (unpaired) electrons. The summed E-state index contributed by atoms with van der Waals surface area (Å²) < 4.78 is 0. The Labute approximate surface area is 112 Å². The topological polar surface area (TPSA) is 75.0 Å². The van der Waals surface area contributed by atoms with E-state index in [-0.39, 0.29) is 5.91 Å². The van der Waals surface area contributed by atoms with Gasteiger partial charge < -0.3 is 15.6 Å². The number of rotatable bonds is 5. The molecule has 2 aromatic rings. The normalized spacial score (nSPS) is 10.4. The van der Waals surface area contributed by atoms with Crippen molar-refractivity contribution in [2.75, 3.05) is 13.6 Å². The lowest BCUT2D eigenvalue weighted by atomic mass is 10.1. The van der Waals surface area contributed by atoms with Crippen molar-refractivity contribution in [1.82, 2.24) is 14.9 Å². The zero-order chi connectivity index (χ0) is 13.7. The number of nitrogens with zero attached hydrogens (tertiary/aromatic N) is 2. The minimum absolute atomic E-state index is 0.0183. The lowest BCUT2D eigenvalue weighted by molar-refractivity contribution is 0.0782. The van der Waals surface area contributed by atoms with Crippen LogP contribution >= 0.6 is 0 Å². The summed E-state index contributed by atoms with van der Waals surface area (Å²) in [6.07, 6.45) is 4.20. The maximum Gasteiger partial charge on any atom is 0.254 e. The van der Waals surface area contributed by atoms with E-state index in [0.29, 0.717) is 18.7 Å². The number of amides is 1. The molecule has 0 saturated heterocycles. The monoisotopic (exact) mass is 258 g/mol. The highest BCUT2D eigenvalue weighted by atomic mass is 16.2. The molecule has 100 valence electrons. The predicted octanol–water partition coefficient (Wildman–Crippen LogP) is 1.18. The van der Waals surface area contributed by atoms with Crippen LogP contribution in [0, 0.1) is 0 Å². The van der Waals surface area contributed by atoms with E-state index in [2.05, 4.69) is 9.97 Å². The number of aromatic amines is 1. The second kappa shape index (κ2) is 6.15. The van der Waals surface area contributed by atoms with Gasteiger partial charge in [0, 0.05) is 25.0 Å². The fourth-order valence-corrected chi connectivity index (χ4v) is 1.93. The third-order valence-corrected chi connectivity index (χ3v) is 2.90. The van der Waals surface area contributed by atoms with Crippen molar-refractivity contribution in [3.8, 4) is 0 Å². The smallest absolute Gasteiger partial charge is 0.254 e. The zero-order valence-corrected chi connectivity index (χ0v) is 11.0. The molecule has 1 heterocycles. The van der Waals surface area contributed by atoms with Gasteiger partial charge in [-0.1, -0.05) is 12.1 Å². The van der Waals surface area contributed by atoms with Crippen molar-refractivity contribution < 1.29 is 4.79 Å². The summed E-state index contributed by atoms with van der Waals surface area (Å²) in [5.74, 6) is 0.754. The van der Waals surface area contributed by atoms with Crippen molar-refractivity contribution in [3.63, 3.8) is 0 Å². The second-order valence-corrected chi connectivity index (χ2v) is 4.44. The van der Waals surface area contributed by atoms with Crippen LogP contribution in [0.15, 0.2) is 36.7 Å². The van der Waals surface area contributed by atoms with Crippen LogP contribution in [-0.4, -0.2) is 34.4 Å². The number of carbonyl (C=O) groups is 1. The van der Waals surface area contributed by atoms with Gasteiger partial charge in [-0.2, -0.15) is 0 Å². The van der Waals surface area contributed by atoms with Crippen molar-refractivity contribution in [2.24, 2.45) is 5.73 Å². The molecule has 0 atom stereocenters. The van der Waals surface area contributed by atoms with Crippen LogP contribution in [0.25, 0.3) is 0 Å². The Morgan fingerprint density at radius 2 is 2.32 bits per heavy atom. The molecule has 0 unspecified atom stereocenters. The zero-order valence-electron chi connectivity index (χ0n) is 11.0. The molecule has 0 aliphatic heterocycles. The summed E-state index contributed by atoms with van der Waals surface area (Å²) in [4.78, 5) is 21.0. The van der Waals surface area contributed by atoms with Gasteiger partial charge in [-0.3, -0.25) is 4.79 Å². The summed E-state index contributed by atoms with van der Waals surface area (Å²) in [7, 11) is 1.76. The molecule has 19 heavy (non-hydrogen) atoms. The van der Waals surface area contributed by atoms with Gasteiger partial charge in [0.15, 0.2) is 0 Å². The van der Waals surface area contributed by atoms with Gasteiger partial charge in [-0.15, -0.1) is 0 Å². The molecule has 0 bridgehead atoms. The van der Waals surface area contributed by atoms with Gasteiger partial charge in [0.2, 0.25) is 0 Å². The van der Waals surface area contributed by atoms with Crippen molar-refractivity contribution >= 4 is 5.91 Å². The lowest BCUT2D eigenvalue weighted by Gasteiger charge is -2.16. The van der Waals surface area contributed by atoms with Crippen LogP contribution in [0.2, 0.25) is 0 Å². The Hall–Kier alpha value is -2.14. The van der Waals surface area contributed by atoms with E-state index < -0.39 is 0 Å². The first-order valence-electron chi connectivity index (χ1n) is 6.23. The third kappa shape index (κ3) is 3.42.